The Bertz CT molecular complexity index is 310. The lowest BCUT2D eigenvalue weighted by Gasteiger charge is -2.60. The van der Waals surface area contributed by atoms with Crippen molar-refractivity contribution in [3.8, 4) is 0 Å². The molecule has 0 aromatic carbocycles. The average Bonchev–Trinajstić information content (AvgIpc) is 2.13. The highest BCUT2D eigenvalue weighted by molar-refractivity contribution is 5.71. The van der Waals surface area contributed by atoms with Crippen LogP contribution in [0.1, 0.15) is 32.6 Å². The monoisotopic (exact) mass is 210 g/mol. The van der Waals surface area contributed by atoms with Crippen molar-refractivity contribution in [2.45, 2.75) is 38.2 Å². The Balaban J connectivity index is 1.99. The third-order valence-electron chi connectivity index (χ3n) is 5.23. The second-order valence-corrected chi connectivity index (χ2v) is 5.96. The standard InChI is InChI=1S/C12H18O3/c1-12(15)8-3-6-2-7(5-8)10(11(13)14)9(12)4-6/h6-10,15H,2-5H2,1H3,(H,13,14). The van der Waals surface area contributed by atoms with Crippen LogP contribution in [0.15, 0.2) is 0 Å². The normalized spacial score (nSPS) is 57.1. The molecule has 0 amide bonds. The van der Waals surface area contributed by atoms with Gasteiger partial charge in [0, 0.05) is 5.92 Å². The van der Waals surface area contributed by atoms with Crippen molar-refractivity contribution in [2.75, 3.05) is 0 Å². The van der Waals surface area contributed by atoms with Crippen LogP contribution in [0.25, 0.3) is 0 Å². The molecule has 3 nitrogen and oxygen atoms in total. The van der Waals surface area contributed by atoms with Gasteiger partial charge in [-0.3, -0.25) is 4.79 Å². The molecule has 0 aromatic heterocycles. The summed E-state index contributed by atoms with van der Waals surface area (Å²) in [5, 5.41) is 19.7. The van der Waals surface area contributed by atoms with Crippen LogP contribution in [0.5, 0.6) is 0 Å². The topological polar surface area (TPSA) is 57.5 Å². The SMILES string of the molecule is CC1(O)C2CC3CC(C2)C(C(=O)O)C1C3. The molecule has 0 aromatic rings. The summed E-state index contributed by atoms with van der Waals surface area (Å²) in [6, 6.07) is 0. The van der Waals surface area contributed by atoms with Gasteiger partial charge < -0.3 is 10.2 Å². The van der Waals surface area contributed by atoms with Gasteiger partial charge in [-0.15, -0.1) is 0 Å². The third-order valence-corrected chi connectivity index (χ3v) is 5.23. The quantitative estimate of drug-likeness (QED) is 0.689. The predicted octanol–water partition coefficient (Wildman–Crippen LogP) is 1.50. The minimum Gasteiger partial charge on any atom is -0.481 e. The van der Waals surface area contributed by atoms with Crippen LogP contribution in [0.2, 0.25) is 0 Å². The van der Waals surface area contributed by atoms with Crippen molar-refractivity contribution in [2.24, 2.45) is 29.6 Å². The van der Waals surface area contributed by atoms with Gasteiger partial charge in [-0.05, 0) is 50.4 Å². The van der Waals surface area contributed by atoms with E-state index in [1.807, 2.05) is 6.92 Å². The number of carboxylic acid groups (broad SMARTS) is 1. The van der Waals surface area contributed by atoms with Gasteiger partial charge in [0.2, 0.25) is 0 Å². The lowest BCUT2D eigenvalue weighted by atomic mass is 9.46. The lowest BCUT2D eigenvalue weighted by molar-refractivity contribution is -0.202. The fraction of sp³-hybridized carbons (Fsp3) is 0.917. The van der Waals surface area contributed by atoms with E-state index in [1.165, 1.54) is 0 Å². The summed E-state index contributed by atoms with van der Waals surface area (Å²) in [6.45, 7) is 1.86. The second-order valence-electron chi connectivity index (χ2n) is 5.96. The average molecular weight is 210 g/mol. The number of carboxylic acids is 1. The Morgan fingerprint density at radius 1 is 1.27 bits per heavy atom. The van der Waals surface area contributed by atoms with Crippen molar-refractivity contribution in [1.29, 1.82) is 0 Å². The van der Waals surface area contributed by atoms with E-state index in [9.17, 15) is 15.0 Å². The largest absolute Gasteiger partial charge is 0.481 e. The molecule has 0 spiro atoms. The molecule has 3 heteroatoms. The summed E-state index contributed by atoms with van der Waals surface area (Å²) >= 11 is 0. The number of aliphatic hydroxyl groups is 1. The Hall–Kier alpha value is -0.570. The van der Waals surface area contributed by atoms with Crippen molar-refractivity contribution in [3.05, 3.63) is 0 Å². The Kier molecular flexibility index (Phi) is 1.77. The van der Waals surface area contributed by atoms with Gasteiger partial charge >= 0.3 is 5.97 Å². The number of hydrogen-bond donors (Lipinski definition) is 2. The first-order chi connectivity index (χ1) is 7.00. The van der Waals surface area contributed by atoms with E-state index in [0.717, 1.165) is 25.7 Å². The molecule has 4 bridgehead atoms. The van der Waals surface area contributed by atoms with Gasteiger partial charge in [0.15, 0.2) is 0 Å². The van der Waals surface area contributed by atoms with Gasteiger partial charge in [-0.2, -0.15) is 0 Å². The Labute approximate surface area is 89.5 Å². The van der Waals surface area contributed by atoms with E-state index < -0.39 is 11.6 Å². The van der Waals surface area contributed by atoms with Crippen molar-refractivity contribution >= 4 is 5.97 Å². The molecular weight excluding hydrogens is 192 g/mol. The van der Waals surface area contributed by atoms with Gasteiger partial charge in [0.05, 0.1) is 11.5 Å². The van der Waals surface area contributed by atoms with Crippen molar-refractivity contribution < 1.29 is 15.0 Å². The first-order valence-electron chi connectivity index (χ1n) is 5.95. The zero-order valence-electron chi connectivity index (χ0n) is 9.02. The lowest BCUT2D eigenvalue weighted by Crippen LogP contribution is -2.61. The molecule has 4 aliphatic rings. The first-order valence-corrected chi connectivity index (χ1v) is 5.95. The summed E-state index contributed by atoms with van der Waals surface area (Å²) in [6.07, 6.45) is 4.06. The molecule has 6 atom stereocenters. The Morgan fingerprint density at radius 2 is 2.00 bits per heavy atom. The zero-order chi connectivity index (χ0) is 10.8. The molecule has 84 valence electrons. The highest BCUT2D eigenvalue weighted by Crippen LogP contribution is 2.60. The number of hydrogen-bond acceptors (Lipinski definition) is 2. The molecule has 4 fully saturated rings. The van der Waals surface area contributed by atoms with Gasteiger partial charge in [-0.25, -0.2) is 0 Å². The number of aliphatic carboxylic acids is 1. The summed E-state index contributed by atoms with van der Waals surface area (Å²) < 4.78 is 0. The van der Waals surface area contributed by atoms with Crippen LogP contribution in [0.4, 0.5) is 0 Å². The first kappa shape index (κ1) is 9.64. The number of carbonyl (C=O) groups is 1. The van der Waals surface area contributed by atoms with Crippen molar-refractivity contribution in [3.63, 3.8) is 0 Å². The molecule has 0 saturated heterocycles. The maximum Gasteiger partial charge on any atom is 0.307 e. The molecule has 2 N–H and O–H groups in total. The maximum absolute atomic E-state index is 11.3. The van der Waals surface area contributed by atoms with E-state index in [2.05, 4.69) is 0 Å². The minimum absolute atomic E-state index is 0.00579. The van der Waals surface area contributed by atoms with E-state index in [1.54, 1.807) is 0 Å². The smallest absolute Gasteiger partial charge is 0.307 e. The molecule has 6 unspecified atom stereocenters. The van der Waals surface area contributed by atoms with Crippen molar-refractivity contribution in [1.82, 2.24) is 0 Å². The fourth-order valence-electron chi connectivity index (χ4n) is 4.56. The molecule has 0 radical (unpaired) electrons. The van der Waals surface area contributed by atoms with Crippen LogP contribution in [-0.2, 0) is 4.79 Å². The third kappa shape index (κ3) is 1.13. The minimum atomic E-state index is -0.726. The highest BCUT2D eigenvalue weighted by Gasteiger charge is 2.60. The molecular formula is C12H18O3. The zero-order valence-corrected chi connectivity index (χ0v) is 9.02. The molecule has 0 aliphatic heterocycles. The second kappa shape index (κ2) is 2.76. The summed E-state index contributed by atoms with van der Waals surface area (Å²) in [7, 11) is 0. The Morgan fingerprint density at radius 3 is 2.67 bits per heavy atom. The summed E-state index contributed by atoms with van der Waals surface area (Å²) in [5.74, 6) is 0.415. The van der Waals surface area contributed by atoms with E-state index in [0.29, 0.717) is 17.8 Å². The highest BCUT2D eigenvalue weighted by atomic mass is 16.4. The van der Waals surface area contributed by atoms with Crippen LogP contribution in [0.3, 0.4) is 0 Å². The predicted molar refractivity (Wildman–Crippen MR) is 54.2 cm³/mol. The molecule has 4 aliphatic carbocycles. The fourth-order valence-corrected chi connectivity index (χ4v) is 4.56. The van der Waals surface area contributed by atoms with Crippen LogP contribution in [-0.4, -0.2) is 21.8 Å². The molecule has 15 heavy (non-hydrogen) atoms. The van der Waals surface area contributed by atoms with E-state index in [-0.39, 0.29) is 11.8 Å². The van der Waals surface area contributed by atoms with Gasteiger partial charge in [0.1, 0.15) is 0 Å². The van der Waals surface area contributed by atoms with Crippen LogP contribution < -0.4 is 0 Å². The van der Waals surface area contributed by atoms with Crippen LogP contribution >= 0.6 is 0 Å². The molecule has 0 heterocycles. The molecule has 4 rings (SSSR count). The number of rotatable bonds is 1. The maximum atomic E-state index is 11.3. The summed E-state index contributed by atoms with van der Waals surface area (Å²) in [4.78, 5) is 11.3. The van der Waals surface area contributed by atoms with Crippen LogP contribution in [0, 0.1) is 29.6 Å². The van der Waals surface area contributed by atoms with Gasteiger partial charge in [-0.1, -0.05) is 0 Å². The molecule has 4 saturated carbocycles. The van der Waals surface area contributed by atoms with E-state index in [4.69, 9.17) is 0 Å². The van der Waals surface area contributed by atoms with E-state index >= 15 is 0 Å². The summed E-state index contributed by atoms with van der Waals surface area (Å²) in [5.41, 5.74) is -0.726. The van der Waals surface area contributed by atoms with Gasteiger partial charge in [0.25, 0.3) is 0 Å².